The monoisotopic (exact) mass is 231 g/mol. The molecule has 1 aliphatic heterocycles. The van der Waals surface area contributed by atoms with Crippen molar-refractivity contribution in [1.82, 2.24) is 4.90 Å². The zero-order chi connectivity index (χ0) is 11.3. The largest absolute Gasteiger partial charge is 0.502 e. The summed E-state index contributed by atoms with van der Waals surface area (Å²) in [5, 5.41) is 0. The molecule has 0 spiro atoms. The van der Waals surface area contributed by atoms with Crippen molar-refractivity contribution in [2.75, 3.05) is 28.4 Å². The molecule has 1 heterocycles. The zero-order valence-electron chi connectivity index (χ0n) is 10.0. The minimum absolute atomic E-state index is 0.460. The summed E-state index contributed by atoms with van der Waals surface area (Å²) in [6.45, 7) is 0. The Kier molecular flexibility index (Phi) is 4.78. The highest BCUT2D eigenvalue weighted by atomic mass is 28.4. The summed E-state index contributed by atoms with van der Waals surface area (Å²) in [6.07, 6.45) is 6.56. The third-order valence-electron chi connectivity index (χ3n) is 3.00. The number of allylic oxidation sites excluding steroid dienone is 1. The van der Waals surface area contributed by atoms with E-state index in [0.29, 0.717) is 6.04 Å². The van der Waals surface area contributed by atoms with Crippen LogP contribution in [-0.4, -0.2) is 48.1 Å². The van der Waals surface area contributed by atoms with Crippen LogP contribution in [0.1, 0.15) is 12.8 Å². The van der Waals surface area contributed by atoms with Crippen LogP contribution in [0.15, 0.2) is 12.3 Å². The predicted octanol–water partition coefficient (Wildman–Crippen LogP) is 1.47. The lowest BCUT2D eigenvalue weighted by molar-refractivity contribution is 0.113. The summed E-state index contributed by atoms with van der Waals surface area (Å²) >= 11 is 0. The standard InChI is InChI=1S/C10H21NO3Si/c1-11-8-6-5-7-10(11)9-15(12-2,13-3)14-4/h6,8,10H,5,7,9H2,1-4H3. The fourth-order valence-electron chi connectivity index (χ4n) is 1.89. The van der Waals surface area contributed by atoms with Crippen molar-refractivity contribution in [3.8, 4) is 0 Å². The van der Waals surface area contributed by atoms with Gasteiger partial charge < -0.3 is 18.2 Å². The van der Waals surface area contributed by atoms with Gasteiger partial charge in [0.25, 0.3) is 0 Å². The molecular formula is C10H21NO3Si. The van der Waals surface area contributed by atoms with E-state index >= 15 is 0 Å². The van der Waals surface area contributed by atoms with Gasteiger partial charge >= 0.3 is 8.80 Å². The van der Waals surface area contributed by atoms with E-state index in [4.69, 9.17) is 13.3 Å². The van der Waals surface area contributed by atoms with Gasteiger partial charge in [-0.05, 0) is 19.0 Å². The van der Waals surface area contributed by atoms with Gasteiger partial charge in [0.05, 0.1) is 0 Å². The first kappa shape index (κ1) is 12.7. The van der Waals surface area contributed by atoms with E-state index in [1.807, 2.05) is 0 Å². The molecule has 15 heavy (non-hydrogen) atoms. The fourth-order valence-corrected chi connectivity index (χ4v) is 3.96. The van der Waals surface area contributed by atoms with Crippen molar-refractivity contribution < 1.29 is 13.3 Å². The first-order valence-corrected chi connectivity index (χ1v) is 7.14. The summed E-state index contributed by atoms with van der Waals surface area (Å²) in [6, 6.07) is 1.30. The number of hydrogen-bond donors (Lipinski definition) is 0. The zero-order valence-corrected chi connectivity index (χ0v) is 11.0. The third-order valence-corrected chi connectivity index (χ3v) is 5.84. The maximum atomic E-state index is 5.43. The molecule has 0 aromatic heterocycles. The normalized spacial score (nSPS) is 22.1. The summed E-state index contributed by atoms with van der Waals surface area (Å²) < 4.78 is 16.3. The molecule has 0 aromatic carbocycles. The van der Waals surface area contributed by atoms with E-state index in [0.717, 1.165) is 18.9 Å². The Hall–Kier alpha value is -0.363. The molecule has 1 aliphatic rings. The van der Waals surface area contributed by atoms with Crippen molar-refractivity contribution in [2.45, 2.75) is 24.9 Å². The molecule has 88 valence electrons. The molecule has 0 aromatic rings. The number of nitrogens with zero attached hydrogens (tertiary/aromatic N) is 1. The molecule has 1 rings (SSSR count). The van der Waals surface area contributed by atoms with Gasteiger partial charge in [-0.25, -0.2) is 0 Å². The molecule has 1 atom stereocenters. The lowest BCUT2D eigenvalue weighted by Gasteiger charge is -2.34. The number of rotatable bonds is 5. The van der Waals surface area contributed by atoms with E-state index in [9.17, 15) is 0 Å². The molecule has 0 N–H and O–H groups in total. The van der Waals surface area contributed by atoms with Crippen LogP contribution in [0.25, 0.3) is 0 Å². The number of hydrogen-bond acceptors (Lipinski definition) is 4. The quantitative estimate of drug-likeness (QED) is 0.671. The highest BCUT2D eigenvalue weighted by Crippen LogP contribution is 2.24. The second-order valence-corrected chi connectivity index (χ2v) is 6.78. The van der Waals surface area contributed by atoms with Crippen LogP contribution < -0.4 is 0 Å². The highest BCUT2D eigenvalue weighted by molar-refractivity contribution is 6.60. The second kappa shape index (κ2) is 5.65. The van der Waals surface area contributed by atoms with Crippen molar-refractivity contribution in [3.63, 3.8) is 0 Å². The van der Waals surface area contributed by atoms with E-state index in [1.54, 1.807) is 21.3 Å². The Morgan fingerprint density at radius 3 is 2.33 bits per heavy atom. The molecular weight excluding hydrogens is 210 g/mol. The lowest BCUT2D eigenvalue weighted by Crippen LogP contribution is -2.48. The Morgan fingerprint density at radius 1 is 1.27 bits per heavy atom. The summed E-state index contributed by atoms with van der Waals surface area (Å²) in [5.74, 6) is 0. The summed E-state index contributed by atoms with van der Waals surface area (Å²) in [4.78, 5) is 2.21. The summed E-state index contributed by atoms with van der Waals surface area (Å²) in [5.41, 5.74) is 0. The Morgan fingerprint density at radius 2 is 1.87 bits per heavy atom. The maximum Gasteiger partial charge on any atom is 0.502 e. The van der Waals surface area contributed by atoms with Crippen LogP contribution in [0, 0.1) is 0 Å². The molecule has 0 bridgehead atoms. The first-order chi connectivity index (χ1) is 7.17. The average molecular weight is 231 g/mol. The van der Waals surface area contributed by atoms with Gasteiger partial charge in [0.15, 0.2) is 0 Å². The van der Waals surface area contributed by atoms with Gasteiger partial charge in [-0.3, -0.25) is 0 Å². The Balaban J connectivity index is 2.61. The van der Waals surface area contributed by atoms with Crippen molar-refractivity contribution in [1.29, 1.82) is 0 Å². The van der Waals surface area contributed by atoms with E-state index in [2.05, 4.69) is 24.2 Å². The molecule has 1 unspecified atom stereocenters. The predicted molar refractivity (Wildman–Crippen MR) is 61.5 cm³/mol. The molecule has 0 radical (unpaired) electrons. The van der Waals surface area contributed by atoms with Crippen molar-refractivity contribution in [2.24, 2.45) is 0 Å². The van der Waals surface area contributed by atoms with Crippen LogP contribution in [0.4, 0.5) is 0 Å². The minimum atomic E-state index is -2.42. The van der Waals surface area contributed by atoms with Crippen LogP contribution in [0.3, 0.4) is 0 Å². The van der Waals surface area contributed by atoms with Crippen molar-refractivity contribution >= 4 is 8.80 Å². The molecule has 4 nitrogen and oxygen atoms in total. The third kappa shape index (κ3) is 3.04. The fraction of sp³-hybridized carbons (Fsp3) is 0.800. The van der Waals surface area contributed by atoms with E-state index in [1.165, 1.54) is 0 Å². The maximum absolute atomic E-state index is 5.43. The van der Waals surface area contributed by atoms with Gasteiger partial charge in [0.1, 0.15) is 0 Å². The van der Waals surface area contributed by atoms with Crippen LogP contribution >= 0.6 is 0 Å². The molecule has 0 aliphatic carbocycles. The SMILES string of the molecule is CO[Si](CC1CCC=CN1C)(OC)OC. The lowest BCUT2D eigenvalue weighted by atomic mass is 10.1. The van der Waals surface area contributed by atoms with E-state index in [-0.39, 0.29) is 0 Å². The second-order valence-electron chi connectivity index (χ2n) is 3.78. The smallest absolute Gasteiger partial charge is 0.378 e. The molecule has 0 saturated carbocycles. The first-order valence-electron chi connectivity index (χ1n) is 5.21. The topological polar surface area (TPSA) is 30.9 Å². The van der Waals surface area contributed by atoms with Gasteiger partial charge in [-0.2, -0.15) is 0 Å². The van der Waals surface area contributed by atoms with Crippen LogP contribution in [0.5, 0.6) is 0 Å². The Bertz CT molecular complexity index is 210. The Labute approximate surface area is 93.2 Å². The summed E-state index contributed by atoms with van der Waals surface area (Å²) in [7, 11) is 4.66. The van der Waals surface area contributed by atoms with Gasteiger partial charge in [0.2, 0.25) is 0 Å². The van der Waals surface area contributed by atoms with Crippen molar-refractivity contribution in [3.05, 3.63) is 12.3 Å². The average Bonchev–Trinajstić information content (AvgIpc) is 2.29. The van der Waals surface area contributed by atoms with Crippen LogP contribution in [-0.2, 0) is 13.3 Å². The van der Waals surface area contributed by atoms with Gasteiger partial charge in [-0.15, -0.1) is 0 Å². The minimum Gasteiger partial charge on any atom is -0.378 e. The molecule has 0 fully saturated rings. The molecule has 5 heteroatoms. The van der Waals surface area contributed by atoms with Gasteiger partial charge in [-0.1, -0.05) is 6.08 Å². The highest BCUT2D eigenvalue weighted by Gasteiger charge is 2.41. The molecule has 0 saturated heterocycles. The van der Waals surface area contributed by atoms with E-state index < -0.39 is 8.80 Å². The molecule has 0 amide bonds. The van der Waals surface area contributed by atoms with Gasteiger partial charge in [0, 0.05) is 40.5 Å². The van der Waals surface area contributed by atoms with Crippen LogP contribution in [0.2, 0.25) is 6.04 Å².